The zero-order valence-corrected chi connectivity index (χ0v) is 19.7. The minimum Gasteiger partial charge on any atom is -0.368 e. The molecule has 1 saturated carbocycles. The highest BCUT2D eigenvalue weighted by Gasteiger charge is 2.33. The fourth-order valence-corrected chi connectivity index (χ4v) is 4.24. The van der Waals surface area contributed by atoms with Crippen LogP contribution >= 0.6 is 0 Å². The third-order valence-corrected chi connectivity index (χ3v) is 6.33. The minimum atomic E-state index is -1.17. The number of hydrogen-bond acceptors (Lipinski definition) is 5. The SMILES string of the molecule is C[C@H](F)C[C@@](C)(CNc1ccc(-c2cc(C(=O)NC3CCC3)ccc2F)nn1)c1ncccc1F. The lowest BCUT2D eigenvalue weighted by Gasteiger charge is -2.30. The molecule has 1 amide bonds. The van der Waals surface area contributed by atoms with Crippen LogP contribution in [0.1, 0.15) is 55.6 Å². The fourth-order valence-electron chi connectivity index (χ4n) is 4.24. The van der Waals surface area contributed by atoms with E-state index in [9.17, 15) is 18.0 Å². The molecule has 2 aromatic heterocycles. The van der Waals surface area contributed by atoms with Gasteiger partial charge in [0.25, 0.3) is 5.91 Å². The van der Waals surface area contributed by atoms with Gasteiger partial charge in [-0.15, -0.1) is 10.2 Å². The molecule has 1 fully saturated rings. The number of aromatic nitrogens is 3. The minimum absolute atomic E-state index is 0.0559. The number of nitrogens with zero attached hydrogens (tertiary/aromatic N) is 3. The number of carbonyl (C=O) groups is 1. The molecular formula is C26H28F3N5O. The van der Waals surface area contributed by atoms with Gasteiger partial charge in [0, 0.05) is 35.3 Å². The number of amides is 1. The van der Waals surface area contributed by atoms with Crippen LogP contribution in [0.15, 0.2) is 48.7 Å². The zero-order chi connectivity index (χ0) is 25.0. The summed E-state index contributed by atoms with van der Waals surface area (Å²) in [5.74, 6) is -0.904. The van der Waals surface area contributed by atoms with E-state index in [1.54, 1.807) is 19.1 Å². The summed E-state index contributed by atoms with van der Waals surface area (Å²) in [7, 11) is 0. The van der Waals surface area contributed by atoms with Crippen LogP contribution in [0.25, 0.3) is 11.3 Å². The molecule has 9 heteroatoms. The van der Waals surface area contributed by atoms with E-state index < -0.39 is 23.2 Å². The topological polar surface area (TPSA) is 79.8 Å². The molecule has 35 heavy (non-hydrogen) atoms. The third-order valence-electron chi connectivity index (χ3n) is 6.33. The van der Waals surface area contributed by atoms with Gasteiger partial charge in [-0.25, -0.2) is 13.2 Å². The van der Waals surface area contributed by atoms with E-state index in [1.165, 1.54) is 43.5 Å². The largest absolute Gasteiger partial charge is 0.368 e. The summed E-state index contributed by atoms with van der Waals surface area (Å²) < 4.78 is 42.9. The highest BCUT2D eigenvalue weighted by molar-refractivity contribution is 5.95. The Morgan fingerprint density at radius 1 is 1.14 bits per heavy atom. The summed E-state index contributed by atoms with van der Waals surface area (Å²) in [6.07, 6.45) is 3.36. The summed E-state index contributed by atoms with van der Waals surface area (Å²) in [6, 6.07) is 10.3. The fraction of sp³-hybridized carbons (Fsp3) is 0.385. The molecular weight excluding hydrogens is 455 g/mol. The predicted octanol–water partition coefficient (Wildman–Crippen LogP) is 5.22. The lowest BCUT2D eigenvalue weighted by Crippen LogP contribution is -2.39. The number of rotatable bonds is 9. The van der Waals surface area contributed by atoms with Gasteiger partial charge in [-0.3, -0.25) is 9.78 Å². The molecule has 3 aromatic rings. The highest BCUT2D eigenvalue weighted by atomic mass is 19.1. The molecule has 0 radical (unpaired) electrons. The monoisotopic (exact) mass is 483 g/mol. The third kappa shape index (κ3) is 5.78. The number of nitrogens with one attached hydrogen (secondary N) is 2. The van der Waals surface area contributed by atoms with Gasteiger partial charge >= 0.3 is 0 Å². The van der Waals surface area contributed by atoms with Crippen molar-refractivity contribution >= 4 is 11.7 Å². The number of anilines is 1. The van der Waals surface area contributed by atoms with Crippen LogP contribution in [-0.2, 0) is 5.41 Å². The van der Waals surface area contributed by atoms with Crippen molar-refractivity contribution in [2.24, 2.45) is 0 Å². The van der Waals surface area contributed by atoms with Crippen molar-refractivity contribution in [1.82, 2.24) is 20.5 Å². The van der Waals surface area contributed by atoms with Gasteiger partial charge in [0.05, 0.1) is 17.6 Å². The molecule has 1 aliphatic rings. The first-order chi connectivity index (χ1) is 16.7. The van der Waals surface area contributed by atoms with Gasteiger partial charge in [0.2, 0.25) is 0 Å². The molecule has 0 unspecified atom stereocenters. The maximum Gasteiger partial charge on any atom is 0.251 e. The number of hydrogen-bond donors (Lipinski definition) is 2. The van der Waals surface area contributed by atoms with Crippen LogP contribution in [0.4, 0.5) is 19.0 Å². The second-order valence-corrected chi connectivity index (χ2v) is 9.33. The lowest BCUT2D eigenvalue weighted by molar-refractivity contribution is 0.0917. The van der Waals surface area contributed by atoms with E-state index in [0.29, 0.717) is 11.4 Å². The van der Waals surface area contributed by atoms with Crippen molar-refractivity contribution in [1.29, 1.82) is 0 Å². The van der Waals surface area contributed by atoms with Crippen LogP contribution in [0.5, 0.6) is 0 Å². The Morgan fingerprint density at radius 2 is 1.94 bits per heavy atom. The van der Waals surface area contributed by atoms with Crippen LogP contribution in [-0.4, -0.2) is 39.8 Å². The second-order valence-electron chi connectivity index (χ2n) is 9.33. The van der Waals surface area contributed by atoms with Crippen LogP contribution in [0, 0.1) is 11.6 Å². The predicted molar refractivity (Wildman–Crippen MR) is 128 cm³/mol. The van der Waals surface area contributed by atoms with Gasteiger partial charge in [0.15, 0.2) is 0 Å². The van der Waals surface area contributed by atoms with E-state index in [0.717, 1.165) is 19.3 Å². The molecule has 184 valence electrons. The van der Waals surface area contributed by atoms with E-state index in [1.807, 2.05) is 0 Å². The summed E-state index contributed by atoms with van der Waals surface area (Å²) in [5.41, 5.74) is 0.0133. The van der Waals surface area contributed by atoms with Gasteiger partial charge in [-0.1, -0.05) is 6.92 Å². The molecule has 6 nitrogen and oxygen atoms in total. The van der Waals surface area contributed by atoms with Crippen molar-refractivity contribution in [2.75, 3.05) is 11.9 Å². The first kappa shape index (κ1) is 24.6. The van der Waals surface area contributed by atoms with Gasteiger partial charge in [0.1, 0.15) is 17.5 Å². The van der Waals surface area contributed by atoms with Crippen LogP contribution in [0.2, 0.25) is 0 Å². The molecule has 2 atom stereocenters. The van der Waals surface area contributed by atoms with Gasteiger partial charge < -0.3 is 10.6 Å². The molecule has 2 N–H and O–H groups in total. The molecule has 0 bridgehead atoms. The molecule has 4 rings (SSSR count). The average Bonchev–Trinajstić information content (AvgIpc) is 2.80. The summed E-state index contributed by atoms with van der Waals surface area (Å²) >= 11 is 0. The van der Waals surface area contributed by atoms with Crippen LogP contribution in [0.3, 0.4) is 0 Å². The maximum absolute atomic E-state index is 14.5. The van der Waals surface area contributed by atoms with Crippen molar-refractivity contribution in [3.63, 3.8) is 0 Å². The average molecular weight is 484 g/mol. The number of halogens is 3. The number of carbonyl (C=O) groups excluding carboxylic acids is 1. The van der Waals surface area contributed by atoms with Gasteiger partial charge in [-0.05, 0) is 75.1 Å². The molecule has 2 heterocycles. The van der Waals surface area contributed by atoms with Crippen molar-refractivity contribution < 1.29 is 18.0 Å². The highest BCUT2D eigenvalue weighted by Crippen LogP contribution is 2.31. The standard InChI is InChI=1S/C26H28F3N5O/c1-16(27)14-26(2,24-21(29)7-4-12-30-24)15-31-23-11-10-22(33-34-23)19-13-17(8-9-20(19)28)25(35)32-18-5-3-6-18/h4,7-13,16,18H,3,5-6,14-15H2,1-2H3,(H,31,34)(H,32,35)/t16-,26-/m0/s1. The quantitative estimate of drug-likeness (QED) is 0.436. The maximum atomic E-state index is 14.5. The van der Waals surface area contributed by atoms with E-state index in [-0.39, 0.29) is 41.9 Å². The Morgan fingerprint density at radius 3 is 2.57 bits per heavy atom. The first-order valence-electron chi connectivity index (χ1n) is 11.7. The number of pyridine rings is 1. The summed E-state index contributed by atoms with van der Waals surface area (Å²) in [5, 5.41) is 14.2. The van der Waals surface area contributed by atoms with E-state index >= 15 is 0 Å². The smallest absolute Gasteiger partial charge is 0.251 e. The Bertz CT molecular complexity index is 1180. The van der Waals surface area contributed by atoms with Crippen molar-refractivity contribution in [3.8, 4) is 11.3 Å². The van der Waals surface area contributed by atoms with E-state index in [2.05, 4.69) is 25.8 Å². The first-order valence-corrected chi connectivity index (χ1v) is 11.7. The van der Waals surface area contributed by atoms with Gasteiger partial charge in [-0.2, -0.15) is 0 Å². The molecule has 1 aromatic carbocycles. The summed E-state index contributed by atoms with van der Waals surface area (Å²) in [4.78, 5) is 16.6. The Labute approximate surface area is 202 Å². The second kappa shape index (κ2) is 10.4. The van der Waals surface area contributed by atoms with Crippen LogP contribution < -0.4 is 10.6 Å². The Balaban J connectivity index is 1.49. The normalized spacial score (nSPS) is 16.1. The molecule has 0 spiro atoms. The van der Waals surface area contributed by atoms with Crippen molar-refractivity contribution in [3.05, 3.63) is 71.6 Å². The Hall–Kier alpha value is -3.49. The Kier molecular flexibility index (Phi) is 7.33. The van der Waals surface area contributed by atoms with E-state index in [4.69, 9.17) is 0 Å². The molecule has 1 aliphatic carbocycles. The number of benzene rings is 1. The zero-order valence-electron chi connectivity index (χ0n) is 19.7. The summed E-state index contributed by atoms with van der Waals surface area (Å²) in [6.45, 7) is 3.32. The molecule has 0 aliphatic heterocycles. The molecule has 0 saturated heterocycles. The lowest BCUT2D eigenvalue weighted by atomic mass is 9.81. The number of alkyl halides is 1. The van der Waals surface area contributed by atoms with Crippen molar-refractivity contribution in [2.45, 2.75) is 57.2 Å².